The quantitative estimate of drug-likeness (QED) is 0.157. The van der Waals surface area contributed by atoms with Gasteiger partial charge in [0.1, 0.15) is 23.6 Å². The van der Waals surface area contributed by atoms with E-state index in [4.69, 9.17) is 10.00 Å². The van der Waals surface area contributed by atoms with Crippen molar-refractivity contribution in [2.75, 3.05) is 16.2 Å². The number of carbonyl (C=O) groups is 1. The molecule has 1 fully saturated rings. The predicted molar refractivity (Wildman–Crippen MR) is 170 cm³/mol. The van der Waals surface area contributed by atoms with Crippen molar-refractivity contribution in [2.45, 2.75) is 61.1 Å². The summed E-state index contributed by atoms with van der Waals surface area (Å²) in [7, 11) is -4.57. The summed E-state index contributed by atoms with van der Waals surface area (Å²) in [6.45, 7) is -1.67. The second-order valence-corrected chi connectivity index (χ2v) is 15.0. The van der Waals surface area contributed by atoms with Crippen molar-refractivity contribution in [2.24, 2.45) is 0 Å². The van der Waals surface area contributed by atoms with Gasteiger partial charge in [0.05, 0.1) is 11.8 Å². The summed E-state index contributed by atoms with van der Waals surface area (Å²) in [5.74, 6) is -0.105. The van der Waals surface area contributed by atoms with Crippen LogP contribution in [-0.4, -0.2) is 64.6 Å². The number of ether oxygens (including phenoxy) is 1. The second-order valence-electron chi connectivity index (χ2n) is 11.1. The Hall–Kier alpha value is -3.82. The molecule has 3 aromatic rings. The van der Waals surface area contributed by atoms with Crippen LogP contribution in [0.15, 0.2) is 78.9 Å². The van der Waals surface area contributed by atoms with Crippen LogP contribution in [0.2, 0.25) is 5.32 Å². The van der Waals surface area contributed by atoms with Crippen LogP contribution in [0.3, 0.4) is 0 Å². The van der Waals surface area contributed by atoms with Crippen molar-refractivity contribution in [3.63, 3.8) is 0 Å². The van der Waals surface area contributed by atoms with Crippen LogP contribution in [-0.2, 0) is 19.6 Å². The summed E-state index contributed by atoms with van der Waals surface area (Å²) in [6.07, 6.45) is -3.77. The Morgan fingerprint density at radius 2 is 1.63 bits per heavy atom. The molecule has 46 heavy (non-hydrogen) atoms. The molecule has 3 aromatic carbocycles. The van der Waals surface area contributed by atoms with Crippen LogP contribution >= 0.6 is 0 Å². The number of hydrogen-bond donors (Lipinski definition) is 2. The minimum absolute atomic E-state index is 0.0139. The molecule has 2 heterocycles. The molecule has 8 nitrogen and oxygen atoms in total. The second kappa shape index (κ2) is 14.3. The van der Waals surface area contributed by atoms with E-state index in [1.807, 2.05) is 0 Å². The number of nitrogens with zero attached hydrogens (tertiary/aromatic N) is 2. The summed E-state index contributed by atoms with van der Waals surface area (Å²) in [4.78, 5) is 14.6. The Morgan fingerprint density at radius 1 is 0.978 bits per heavy atom. The van der Waals surface area contributed by atoms with Gasteiger partial charge in [0.2, 0.25) is 10.0 Å². The average Bonchev–Trinajstić information content (AvgIpc) is 3.63. The number of anilines is 2. The van der Waals surface area contributed by atoms with Gasteiger partial charge in [-0.05, 0) is 41.8 Å². The molecule has 242 valence electrons. The fourth-order valence-electron chi connectivity index (χ4n) is 5.89. The van der Waals surface area contributed by atoms with Crippen molar-refractivity contribution >= 4 is 53.4 Å². The molecule has 0 spiro atoms. The van der Waals surface area contributed by atoms with Crippen LogP contribution in [0.25, 0.3) is 11.1 Å². The molecule has 13 heteroatoms. The minimum atomic E-state index is -4.78. The molecule has 2 N–H and O–H groups in total. The Bertz CT molecular complexity index is 1710. The average molecular weight is 719 g/mol. The molecule has 5 rings (SSSR count). The first-order chi connectivity index (χ1) is 22.0. The van der Waals surface area contributed by atoms with Crippen molar-refractivity contribution in [3.05, 3.63) is 90.0 Å². The van der Waals surface area contributed by atoms with Gasteiger partial charge in [0, 0.05) is 0 Å². The Morgan fingerprint density at radius 3 is 2.28 bits per heavy atom. The molecular weight excluding hydrogens is 686 g/mol. The number of phenolic OH excluding ortho intramolecular Hbond substituents is 1. The van der Waals surface area contributed by atoms with Crippen LogP contribution in [0.4, 0.5) is 24.5 Å². The van der Waals surface area contributed by atoms with E-state index in [1.54, 1.807) is 42.5 Å². The number of phenols is 1. The van der Waals surface area contributed by atoms with Gasteiger partial charge in [-0.15, -0.1) is 0 Å². The van der Waals surface area contributed by atoms with Crippen LogP contribution in [0, 0.1) is 10.2 Å². The van der Waals surface area contributed by atoms with Crippen molar-refractivity contribution in [3.8, 4) is 10.7 Å². The van der Waals surface area contributed by atoms with E-state index in [1.165, 1.54) is 36.4 Å². The number of para-hydroxylation sites is 1. The third-order valence-corrected chi connectivity index (χ3v) is 11.4. The van der Waals surface area contributed by atoms with E-state index < -0.39 is 40.2 Å². The summed E-state index contributed by atoms with van der Waals surface area (Å²) >= 11 is -0.0139. The normalized spacial score (nSPS) is 19.2. The fraction of sp³-hybridized carbons (Fsp3) is 0.333. The summed E-state index contributed by atoms with van der Waals surface area (Å²) in [6, 6.07) is 20.5. The molecule has 1 saturated heterocycles. The number of unbranched alkanes of at least 4 members (excludes halogenated alkanes) is 2. The summed E-state index contributed by atoms with van der Waals surface area (Å²) < 4.78 is 75.8. The molecule has 3 unspecified atom stereocenters. The van der Waals surface area contributed by atoms with Gasteiger partial charge in [-0.2, -0.15) is 13.2 Å². The Kier molecular flexibility index (Phi) is 10.4. The van der Waals surface area contributed by atoms with Crippen LogP contribution in [0.1, 0.15) is 43.2 Å². The van der Waals surface area contributed by atoms with Crippen LogP contribution < -0.4 is 9.62 Å². The SMILES string of the molecule is N#C[Se]CCCCCC(=O)Nc1ccc(C2=C(c3ccc(O)cc3)C3CC(S(=O)(=O)N(CC(F)(F)F)c4ccccc4)C2O3)cc1. The first-order valence-corrected chi connectivity index (χ1v) is 18.3. The molecule has 0 radical (unpaired) electrons. The van der Waals surface area contributed by atoms with Crippen LogP contribution in [0.5, 0.6) is 5.75 Å². The Labute approximate surface area is 272 Å². The molecule has 2 aliphatic rings. The zero-order valence-electron chi connectivity index (χ0n) is 24.6. The third kappa shape index (κ3) is 7.76. The molecule has 0 saturated carbocycles. The van der Waals surface area contributed by atoms with E-state index in [9.17, 15) is 31.5 Å². The first kappa shape index (κ1) is 33.5. The number of nitriles is 1. The van der Waals surface area contributed by atoms with Crippen molar-refractivity contribution in [1.82, 2.24) is 0 Å². The van der Waals surface area contributed by atoms with Gasteiger partial charge in [0.25, 0.3) is 0 Å². The van der Waals surface area contributed by atoms with Crippen molar-refractivity contribution < 1.29 is 36.2 Å². The maximum absolute atomic E-state index is 14.0. The fourth-order valence-corrected chi connectivity index (χ4v) is 8.81. The number of carbonyl (C=O) groups excluding carboxylic acids is 1. The molecular formula is C33H32F3N3O5SSe. The zero-order chi connectivity index (χ0) is 32.9. The number of sulfonamides is 1. The van der Waals surface area contributed by atoms with Gasteiger partial charge in [-0.1, -0.05) is 30.3 Å². The summed E-state index contributed by atoms with van der Waals surface area (Å²) in [5.41, 5.74) is 2.99. The van der Waals surface area contributed by atoms with E-state index in [0.717, 1.165) is 18.2 Å². The van der Waals surface area contributed by atoms with Gasteiger partial charge in [0.15, 0.2) is 0 Å². The maximum atomic E-state index is 14.0. The molecule has 0 aliphatic carbocycles. The third-order valence-electron chi connectivity index (χ3n) is 7.92. The van der Waals surface area contributed by atoms with Gasteiger partial charge >= 0.3 is 119 Å². The van der Waals surface area contributed by atoms with Gasteiger partial charge in [-0.25, -0.2) is 8.42 Å². The molecule has 0 aromatic heterocycles. The van der Waals surface area contributed by atoms with Gasteiger partial charge in [-0.3, -0.25) is 4.31 Å². The number of benzene rings is 3. The van der Waals surface area contributed by atoms with E-state index in [0.29, 0.717) is 45.1 Å². The number of halogens is 3. The zero-order valence-corrected chi connectivity index (χ0v) is 27.1. The van der Waals surface area contributed by atoms with E-state index >= 15 is 0 Å². The number of nitrogens with one attached hydrogen (secondary N) is 1. The van der Waals surface area contributed by atoms with Crippen molar-refractivity contribution in [1.29, 1.82) is 5.26 Å². The molecule has 2 aliphatic heterocycles. The standard InChI is InChI=1S/C33H32F3N3O5SSe/c34-33(35,36)20-39(25-7-3-1-4-8-25)45(42,43)28-19-27-30(22-12-16-26(40)17-13-22)31(32(28)44-27)23-10-14-24(15-11-23)38-29(41)9-5-2-6-18-46-21-37/h1,3-4,7-8,10-17,27-28,32,40H,2,5-6,9,18-20H2,(H,38,41). The number of alkyl halides is 3. The monoisotopic (exact) mass is 719 g/mol. The van der Waals surface area contributed by atoms with Gasteiger partial charge < -0.3 is 9.84 Å². The number of rotatable bonds is 13. The molecule has 3 atom stereocenters. The number of fused-ring (bicyclic) bond motifs is 2. The van der Waals surface area contributed by atoms with E-state index in [-0.39, 0.29) is 38.7 Å². The molecule has 2 bridgehead atoms. The number of amides is 1. The first-order valence-electron chi connectivity index (χ1n) is 14.7. The predicted octanol–water partition coefficient (Wildman–Crippen LogP) is 6.34. The summed E-state index contributed by atoms with van der Waals surface area (Å²) in [5, 5.41) is 21.0. The number of hydrogen-bond acceptors (Lipinski definition) is 6. The topological polar surface area (TPSA) is 120 Å². The number of aromatic hydroxyl groups is 1. The Balaban J connectivity index is 1.43. The molecule has 1 amide bonds. The van der Waals surface area contributed by atoms with E-state index in [2.05, 4.69) is 10.3 Å².